The predicted molar refractivity (Wildman–Crippen MR) is 132 cm³/mol. The van der Waals surface area contributed by atoms with Gasteiger partial charge in [0.05, 0.1) is 12.1 Å². The van der Waals surface area contributed by atoms with E-state index in [1.165, 1.54) is 0 Å². The molecule has 0 unspecified atom stereocenters. The number of nitrogens with zero attached hydrogens (tertiary/aromatic N) is 2. The van der Waals surface area contributed by atoms with Crippen LogP contribution in [0.5, 0.6) is 0 Å². The lowest BCUT2D eigenvalue weighted by Crippen LogP contribution is -2.17. The third-order valence-corrected chi connectivity index (χ3v) is 5.88. The van der Waals surface area contributed by atoms with Gasteiger partial charge >= 0.3 is 0 Å². The molecule has 0 aliphatic heterocycles. The van der Waals surface area contributed by atoms with E-state index in [0.717, 1.165) is 16.8 Å². The molecule has 166 valence electrons. The molecule has 0 saturated carbocycles. The molecule has 1 heterocycles. The number of carbonyl (C=O) groups is 2. The smallest absolute Gasteiger partial charge is 0.257 e. The molecule has 0 aliphatic rings. The summed E-state index contributed by atoms with van der Waals surface area (Å²) in [6.45, 7) is 4.28. The first-order valence-corrected chi connectivity index (χ1v) is 11.1. The van der Waals surface area contributed by atoms with E-state index < -0.39 is 5.91 Å². The van der Waals surface area contributed by atoms with E-state index in [-0.39, 0.29) is 11.3 Å². The van der Waals surface area contributed by atoms with Crippen LogP contribution < -0.4 is 5.32 Å². The molecule has 1 N–H and O–H groups in total. The summed E-state index contributed by atoms with van der Waals surface area (Å²) in [5.41, 5.74) is 3.92. The Kier molecular flexibility index (Phi) is 6.63. The second-order valence-electron chi connectivity index (χ2n) is 7.76. The van der Waals surface area contributed by atoms with Crippen molar-refractivity contribution in [3.8, 4) is 0 Å². The van der Waals surface area contributed by atoms with Crippen LogP contribution in [-0.4, -0.2) is 21.5 Å². The number of benzene rings is 3. The van der Waals surface area contributed by atoms with Gasteiger partial charge in [0.1, 0.15) is 0 Å². The first-order valence-electron chi connectivity index (χ1n) is 10.3. The Labute approximate surface area is 202 Å². The van der Waals surface area contributed by atoms with Gasteiger partial charge in [-0.3, -0.25) is 14.3 Å². The van der Waals surface area contributed by atoms with E-state index in [0.29, 0.717) is 33.5 Å². The fourth-order valence-electron chi connectivity index (χ4n) is 3.47. The van der Waals surface area contributed by atoms with Crippen LogP contribution in [0.2, 0.25) is 10.0 Å². The van der Waals surface area contributed by atoms with Gasteiger partial charge < -0.3 is 5.32 Å². The third-order valence-electron chi connectivity index (χ3n) is 5.29. The van der Waals surface area contributed by atoms with E-state index in [1.807, 2.05) is 32.0 Å². The molecule has 3 aromatic carbocycles. The van der Waals surface area contributed by atoms with E-state index in [9.17, 15) is 9.59 Å². The molecule has 0 bridgehead atoms. The van der Waals surface area contributed by atoms with Crippen LogP contribution >= 0.6 is 23.2 Å². The zero-order valence-electron chi connectivity index (χ0n) is 18.1. The molecule has 33 heavy (non-hydrogen) atoms. The maximum Gasteiger partial charge on any atom is 0.257 e. The Morgan fingerprint density at radius 3 is 2.30 bits per heavy atom. The van der Waals surface area contributed by atoms with Crippen molar-refractivity contribution in [3.05, 3.63) is 116 Å². The Morgan fingerprint density at radius 2 is 1.61 bits per heavy atom. The minimum atomic E-state index is -0.403. The first kappa shape index (κ1) is 22.8. The number of carbonyl (C=O) groups excluding carboxylic acids is 2. The average molecular weight is 478 g/mol. The summed E-state index contributed by atoms with van der Waals surface area (Å²) in [5.74, 6) is -0.222. The molecule has 1 aromatic heterocycles. The second-order valence-corrected chi connectivity index (χ2v) is 8.60. The van der Waals surface area contributed by atoms with Gasteiger partial charge in [0.2, 0.25) is 0 Å². The molecule has 0 fully saturated rings. The van der Waals surface area contributed by atoms with Crippen molar-refractivity contribution < 1.29 is 9.59 Å². The maximum atomic E-state index is 13.0. The SMILES string of the molecule is Cc1ccc(C(=O)c2ccccc2C(=O)Nc2cc(C)n(Cc3ccc(Cl)cc3Cl)n2)cc1. The lowest BCUT2D eigenvalue weighted by Gasteiger charge is -2.09. The number of amides is 1. The van der Waals surface area contributed by atoms with Gasteiger partial charge in [-0.1, -0.05) is 77.3 Å². The van der Waals surface area contributed by atoms with Crippen LogP contribution in [0, 0.1) is 13.8 Å². The van der Waals surface area contributed by atoms with E-state index >= 15 is 0 Å². The highest BCUT2D eigenvalue weighted by atomic mass is 35.5. The predicted octanol–water partition coefficient (Wildman–Crippen LogP) is 6.34. The topological polar surface area (TPSA) is 64.0 Å². The highest BCUT2D eigenvalue weighted by molar-refractivity contribution is 6.35. The highest BCUT2D eigenvalue weighted by Crippen LogP contribution is 2.23. The molecular weight excluding hydrogens is 457 g/mol. The van der Waals surface area contributed by atoms with E-state index in [2.05, 4.69) is 10.4 Å². The first-order chi connectivity index (χ1) is 15.8. The number of hydrogen-bond donors (Lipinski definition) is 1. The largest absolute Gasteiger partial charge is 0.305 e. The Morgan fingerprint density at radius 1 is 0.909 bits per heavy atom. The second kappa shape index (κ2) is 9.61. The van der Waals surface area contributed by atoms with Crippen molar-refractivity contribution in [2.24, 2.45) is 0 Å². The number of aromatic nitrogens is 2. The summed E-state index contributed by atoms with van der Waals surface area (Å²) in [6.07, 6.45) is 0. The zero-order valence-corrected chi connectivity index (χ0v) is 19.6. The molecule has 0 atom stereocenters. The van der Waals surface area contributed by atoms with Crippen molar-refractivity contribution in [3.63, 3.8) is 0 Å². The Balaban J connectivity index is 1.55. The molecule has 4 aromatic rings. The third kappa shape index (κ3) is 5.16. The zero-order chi connectivity index (χ0) is 23.5. The Hall–Kier alpha value is -3.41. The van der Waals surface area contributed by atoms with Crippen LogP contribution in [0.4, 0.5) is 5.82 Å². The fraction of sp³-hybridized carbons (Fsp3) is 0.115. The normalized spacial score (nSPS) is 10.8. The van der Waals surface area contributed by atoms with Gasteiger partial charge in [-0.05, 0) is 37.6 Å². The molecule has 4 rings (SSSR count). The maximum absolute atomic E-state index is 13.0. The molecule has 1 amide bonds. The van der Waals surface area contributed by atoms with Crippen LogP contribution in [0.15, 0.2) is 72.8 Å². The van der Waals surface area contributed by atoms with Gasteiger partial charge in [0.25, 0.3) is 5.91 Å². The van der Waals surface area contributed by atoms with E-state index in [1.54, 1.807) is 59.3 Å². The van der Waals surface area contributed by atoms with Crippen molar-refractivity contribution in [1.82, 2.24) is 9.78 Å². The molecule has 5 nitrogen and oxygen atoms in total. The minimum absolute atomic E-state index is 0.208. The van der Waals surface area contributed by atoms with Gasteiger partial charge in [-0.15, -0.1) is 0 Å². The molecule has 0 radical (unpaired) electrons. The molecule has 0 spiro atoms. The summed E-state index contributed by atoms with van der Waals surface area (Å²) in [7, 11) is 0. The van der Waals surface area contributed by atoms with E-state index in [4.69, 9.17) is 23.2 Å². The fourth-order valence-corrected chi connectivity index (χ4v) is 3.93. The highest BCUT2D eigenvalue weighted by Gasteiger charge is 2.19. The van der Waals surface area contributed by atoms with Crippen molar-refractivity contribution in [2.75, 3.05) is 5.32 Å². The van der Waals surface area contributed by atoms with Crippen molar-refractivity contribution >= 4 is 40.7 Å². The number of hydrogen-bond acceptors (Lipinski definition) is 3. The van der Waals surface area contributed by atoms with Crippen LogP contribution in [0.25, 0.3) is 0 Å². The number of nitrogens with one attached hydrogen (secondary N) is 1. The van der Waals surface area contributed by atoms with Crippen molar-refractivity contribution in [1.29, 1.82) is 0 Å². The monoisotopic (exact) mass is 477 g/mol. The molecule has 7 heteroatoms. The molecule has 0 aliphatic carbocycles. The van der Waals surface area contributed by atoms with Crippen LogP contribution in [0.3, 0.4) is 0 Å². The summed E-state index contributed by atoms with van der Waals surface area (Å²) in [6, 6.07) is 21.1. The average Bonchev–Trinajstić information content (AvgIpc) is 3.14. The summed E-state index contributed by atoms with van der Waals surface area (Å²) >= 11 is 12.3. The molecule has 0 saturated heterocycles. The lowest BCUT2D eigenvalue weighted by molar-refractivity contribution is 0.0996. The number of halogens is 2. The van der Waals surface area contributed by atoms with Gasteiger partial charge in [0, 0.05) is 32.9 Å². The van der Waals surface area contributed by atoms with Crippen molar-refractivity contribution in [2.45, 2.75) is 20.4 Å². The number of anilines is 1. The van der Waals surface area contributed by atoms with Gasteiger partial charge in [-0.2, -0.15) is 5.10 Å². The number of rotatable bonds is 6. The van der Waals surface area contributed by atoms with Crippen LogP contribution in [-0.2, 0) is 6.54 Å². The van der Waals surface area contributed by atoms with Gasteiger partial charge in [-0.25, -0.2) is 0 Å². The molecular formula is C26H21Cl2N3O2. The Bertz CT molecular complexity index is 1340. The minimum Gasteiger partial charge on any atom is -0.305 e. The summed E-state index contributed by atoms with van der Waals surface area (Å²) in [5, 5.41) is 8.40. The van der Waals surface area contributed by atoms with Gasteiger partial charge in [0.15, 0.2) is 11.6 Å². The number of ketones is 1. The van der Waals surface area contributed by atoms with Crippen LogP contribution in [0.1, 0.15) is 43.1 Å². The summed E-state index contributed by atoms with van der Waals surface area (Å²) in [4.78, 5) is 26.1. The summed E-state index contributed by atoms with van der Waals surface area (Å²) < 4.78 is 1.74. The standard InChI is InChI=1S/C26H21Cl2N3O2/c1-16-7-9-18(10-8-16)25(32)21-5-3-4-6-22(21)26(33)29-24-13-17(2)31(30-24)15-19-11-12-20(27)14-23(19)28/h3-14H,15H2,1-2H3,(H,29,30,33). The number of aryl methyl sites for hydroxylation is 2. The lowest BCUT2D eigenvalue weighted by atomic mass is 9.97. The quantitative estimate of drug-likeness (QED) is 0.329.